The second-order valence-electron chi connectivity index (χ2n) is 3.82. The molecule has 0 radical (unpaired) electrons. The fraction of sp³-hybridized carbons (Fsp3) is 0.154. The summed E-state index contributed by atoms with van der Waals surface area (Å²) < 4.78 is 5.32. The molecule has 0 fully saturated rings. The van der Waals surface area contributed by atoms with Crippen LogP contribution in [0, 0.1) is 10.1 Å². The van der Waals surface area contributed by atoms with E-state index in [0.717, 1.165) is 0 Å². The second kappa shape index (κ2) is 5.34. The molecule has 0 unspecified atom stereocenters. The first kappa shape index (κ1) is 12.8. The fourth-order valence-corrected chi connectivity index (χ4v) is 1.70. The van der Waals surface area contributed by atoms with Crippen molar-refractivity contribution in [2.24, 2.45) is 0 Å². The maximum Gasteiger partial charge on any atom is 0.295 e. The number of hydrogen-bond acceptors (Lipinski definition) is 5. The number of nitrogens with two attached hydrogens (primary N) is 1. The van der Waals surface area contributed by atoms with E-state index in [1.807, 2.05) is 6.92 Å². The van der Waals surface area contributed by atoms with Crippen molar-refractivity contribution in [2.75, 3.05) is 12.3 Å². The minimum Gasteiger partial charge on any atom is -0.494 e. The molecule has 98 valence electrons. The Morgan fingerprint density at radius 1 is 1.26 bits per heavy atom. The number of ether oxygens (including phenoxy) is 1. The molecule has 0 saturated carbocycles. The summed E-state index contributed by atoms with van der Waals surface area (Å²) in [6.07, 6.45) is 0. The summed E-state index contributed by atoms with van der Waals surface area (Å²) >= 11 is 0. The van der Waals surface area contributed by atoms with Crippen LogP contribution in [0.5, 0.6) is 5.75 Å². The lowest BCUT2D eigenvalue weighted by molar-refractivity contribution is -0.384. The van der Waals surface area contributed by atoms with Crippen molar-refractivity contribution in [1.29, 1.82) is 0 Å². The number of hydrogen-bond donors (Lipinski definition) is 1. The number of nitrogen functional groups attached to an aromatic ring is 1. The normalized spacial score (nSPS) is 10.2. The number of rotatable bonds is 4. The molecule has 0 aliphatic carbocycles. The summed E-state index contributed by atoms with van der Waals surface area (Å²) in [5.74, 6) is 0.951. The Labute approximate surface area is 110 Å². The summed E-state index contributed by atoms with van der Waals surface area (Å²) in [5.41, 5.74) is 6.40. The number of nitro groups is 1. The van der Waals surface area contributed by atoms with Gasteiger partial charge in [-0.1, -0.05) is 0 Å². The average Bonchev–Trinajstić information content (AvgIpc) is 2.39. The molecule has 1 heterocycles. The first-order valence-electron chi connectivity index (χ1n) is 5.76. The van der Waals surface area contributed by atoms with E-state index in [4.69, 9.17) is 10.5 Å². The predicted octanol–water partition coefficient (Wildman–Crippen LogP) is 2.64. The van der Waals surface area contributed by atoms with Crippen molar-refractivity contribution in [3.05, 3.63) is 46.5 Å². The van der Waals surface area contributed by atoms with Crippen molar-refractivity contribution < 1.29 is 9.66 Å². The van der Waals surface area contributed by atoms with Gasteiger partial charge in [0.1, 0.15) is 11.6 Å². The molecule has 0 amide bonds. The molecular weight excluding hydrogens is 246 g/mol. The molecular formula is C13H13N3O3. The van der Waals surface area contributed by atoms with Crippen LogP contribution in [0.1, 0.15) is 6.92 Å². The molecule has 2 rings (SSSR count). The van der Waals surface area contributed by atoms with Gasteiger partial charge in [-0.15, -0.1) is 0 Å². The molecule has 19 heavy (non-hydrogen) atoms. The van der Waals surface area contributed by atoms with E-state index in [-0.39, 0.29) is 17.2 Å². The highest BCUT2D eigenvalue weighted by molar-refractivity contribution is 5.71. The lowest BCUT2D eigenvalue weighted by Gasteiger charge is -2.06. The number of benzene rings is 1. The standard InChI is InChI=1S/C13H13N3O3/c1-2-19-10-5-3-9(4-6-10)13-11(16(17)18)7-8-12(14)15-13/h3-8H,2H2,1H3,(H2,14,15). The van der Waals surface area contributed by atoms with Gasteiger partial charge >= 0.3 is 0 Å². The molecule has 6 heteroatoms. The summed E-state index contributed by atoms with van der Waals surface area (Å²) in [7, 11) is 0. The molecule has 1 aromatic heterocycles. The smallest absolute Gasteiger partial charge is 0.295 e. The number of pyridine rings is 1. The topological polar surface area (TPSA) is 91.3 Å². The average molecular weight is 259 g/mol. The molecule has 0 bridgehead atoms. The third-order valence-corrected chi connectivity index (χ3v) is 2.53. The van der Waals surface area contributed by atoms with Crippen LogP contribution in [-0.2, 0) is 0 Å². The van der Waals surface area contributed by atoms with Gasteiger partial charge in [-0.05, 0) is 37.3 Å². The van der Waals surface area contributed by atoms with E-state index < -0.39 is 4.92 Å². The van der Waals surface area contributed by atoms with E-state index in [0.29, 0.717) is 17.9 Å². The van der Waals surface area contributed by atoms with E-state index in [2.05, 4.69) is 4.98 Å². The van der Waals surface area contributed by atoms with Gasteiger partial charge < -0.3 is 10.5 Å². The Kier molecular flexibility index (Phi) is 3.61. The van der Waals surface area contributed by atoms with Crippen LogP contribution in [0.25, 0.3) is 11.3 Å². The van der Waals surface area contributed by atoms with Gasteiger partial charge in [0.05, 0.1) is 11.5 Å². The lowest BCUT2D eigenvalue weighted by Crippen LogP contribution is -1.98. The third kappa shape index (κ3) is 2.79. The SMILES string of the molecule is CCOc1ccc(-c2nc(N)ccc2[N+](=O)[O-])cc1. The monoisotopic (exact) mass is 259 g/mol. The van der Waals surface area contributed by atoms with Crippen LogP contribution < -0.4 is 10.5 Å². The molecule has 1 aromatic carbocycles. The molecule has 2 aromatic rings. The highest BCUT2D eigenvalue weighted by atomic mass is 16.6. The Morgan fingerprint density at radius 2 is 1.95 bits per heavy atom. The first-order chi connectivity index (χ1) is 9.11. The molecule has 2 N–H and O–H groups in total. The van der Waals surface area contributed by atoms with Gasteiger partial charge in [-0.25, -0.2) is 4.98 Å². The van der Waals surface area contributed by atoms with Crippen molar-refractivity contribution in [1.82, 2.24) is 4.98 Å². The zero-order valence-electron chi connectivity index (χ0n) is 10.4. The summed E-state index contributed by atoms with van der Waals surface area (Å²) in [6.45, 7) is 2.45. The zero-order valence-corrected chi connectivity index (χ0v) is 10.4. The minimum atomic E-state index is -0.474. The van der Waals surface area contributed by atoms with Crippen molar-refractivity contribution in [2.45, 2.75) is 6.92 Å². The summed E-state index contributed by atoms with van der Waals surface area (Å²) in [5, 5.41) is 11.0. The van der Waals surface area contributed by atoms with Crippen LogP contribution in [0.2, 0.25) is 0 Å². The summed E-state index contributed by atoms with van der Waals surface area (Å²) in [4.78, 5) is 14.5. The Morgan fingerprint density at radius 3 is 2.53 bits per heavy atom. The van der Waals surface area contributed by atoms with Crippen molar-refractivity contribution >= 4 is 11.5 Å². The van der Waals surface area contributed by atoms with Crippen LogP contribution in [-0.4, -0.2) is 16.5 Å². The van der Waals surface area contributed by atoms with E-state index in [9.17, 15) is 10.1 Å². The van der Waals surface area contributed by atoms with Crippen molar-refractivity contribution in [3.63, 3.8) is 0 Å². The zero-order chi connectivity index (χ0) is 13.8. The van der Waals surface area contributed by atoms with Crippen LogP contribution >= 0.6 is 0 Å². The van der Waals surface area contributed by atoms with Gasteiger partial charge in [-0.3, -0.25) is 10.1 Å². The van der Waals surface area contributed by atoms with Crippen molar-refractivity contribution in [3.8, 4) is 17.0 Å². The Bertz CT molecular complexity index is 597. The Balaban J connectivity index is 2.45. The molecule has 0 spiro atoms. The van der Waals surface area contributed by atoms with Gasteiger partial charge in [-0.2, -0.15) is 0 Å². The highest BCUT2D eigenvalue weighted by Gasteiger charge is 2.17. The van der Waals surface area contributed by atoms with Crippen LogP contribution in [0.4, 0.5) is 11.5 Å². The van der Waals surface area contributed by atoms with E-state index in [1.165, 1.54) is 12.1 Å². The maximum absolute atomic E-state index is 11.0. The highest BCUT2D eigenvalue weighted by Crippen LogP contribution is 2.29. The largest absolute Gasteiger partial charge is 0.494 e. The molecule has 0 saturated heterocycles. The maximum atomic E-state index is 11.0. The van der Waals surface area contributed by atoms with E-state index >= 15 is 0 Å². The lowest BCUT2D eigenvalue weighted by atomic mass is 10.1. The van der Waals surface area contributed by atoms with Crippen LogP contribution in [0.15, 0.2) is 36.4 Å². The quantitative estimate of drug-likeness (QED) is 0.673. The number of anilines is 1. The number of aromatic nitrogens is 1. The summed E-state index contributed by atoms with van der Waals surface area (Å²) in [6, 6.07) is 9.70. The Hall–Kier alpha value is -2.63. The minimum absolute atomic E-state index is 0.0710. The first-order valence-corrected chi connectivity index (χ1v) is 5.76. The third-order valence-electron chi connectivity index (χ3n) is 2.53. The van der Waals surface area contributed by atoms with Gasteiger partial charge in [0.25, 0.3) is 5.69 Å². The number of nitrogens with zero attached hydrogens (tertiary/aromatic N) is 2. The fourth-order valence-electron chi connectivity index (χ4n) is 1.70. The predicted molar refractivity (Wildman–Crippen MR) is 71.9 cm³/mol. The van der Waals surface area contributed by atoms with Gasteiger partial charge in [0, 0.05) is 11.6 Å². The van der Waals surface area contributed by atoms with Crippen LogP contribution in [0.3, 0.4) is 0 Å². The van der Waals surface area contributed by atoms with E-state index in [1.54, 1.807) is 24.3 Å². The molecule has 6 nitrogen and oxygen atoms in total. The molecule has 0 aliphatic rings. The molecule has 0 atom stereocenters. The molecule has 0 aliphatic heterocycles. The second-order valence-corrected chi connectivity index (χ2v) is 3.82. The van der Waals surface area contributed by atoms with Gasteiger partial charge in [0.2, 0.25) is 0 Å². The van der Waals surface area contributed by atoms with Gasteiger partial charge in [0.15, 0.2) is 5.69 Å².